The summed E-state index contributed by atoms with van der Waals surface area (Å²) in [6, 6.07) is 20.6. The van der Waals surface area contributed by atoms with Crippen molar-refractivity contribution in [2.24, 2.45) is 16.8 Å². The van der Waals surface area contributed by atoms with E-state index in [9.17, 15) is 13.2 Å². The minimum Gasteiger partial charge on any atom is -0.384 e. The predicted octanol–water partition coefficient (Wildman–Crippen LogP) is 3.96. The molecule has 7 nitrogen and oxygen atoms in total. The molecular weight excluding hydrogens is 436 g/mol. The molecule has 6 N–H and O–H groups in total. The number of primary sulfonamides is 1. The average Bonchev–Trinajstić information content (AvgIpc) is 2.77. The molecule has 3 aromatic rings. The maximum atomic E-state index is 12.7. The molecule has 170 valence electrons. The van der Waals surface area contributed by atoms with Crippen molar-refractivity contribution in [3.05, 3.63) is 90.0 Å². The molecule has 0 bridgehead atoms. The molecule has 0 atom stereocenters. The van der Waals surface area contributed by atoms with Crippen molar-refractivity contribution in [3.63, 3.8) is 0 Å². The van der Waals surface area contributed by atoms with E-state index in [1.54, 1.807) is 60.7 Å². The van der Waals surface area contributed by atoms with Gasteiger partial charge in [0.15, 0.2) is 0 Å². The van der Waals surface area contributed by atoms with E-state index >= 15 is 0 Å². The zero-order valence-electron chi connectivity index (χ0n) is 18.4. The number of rotatable bonds is 7. The number of nitrogen functional groups attached to an aromatic ring is 1. The molecule has 0 radical (unpaired) electrons. The molecule has 33 heavy (non-hydrogen) atoms. The number of hydrogen-bond donors (Lipinski definition) is 4. The molecule has 0 saturated carbocycles. The summed E-state index contributed by atoms with van der Waals surface area (Å²) in [6.07, 6.45) is 1.54. The lowest BCUT2D eigenvalue weighted by molar-refractivity contribution is -0.111. The van der Waals surface area contributed by atoms with Gasteiger partial charge in [-0.2, -0.15) is 0 Å². The standard InChI is InChI=1S/C25H26N4O3S/c1-16(2)22(18-6-5-7-19(14-18)25(26)27)15-24(30)29-20-12-10-17(11-13-20)21-8-3-4-9-23(21)33(28,31)32/h3-16H,1-2H3,(H3,26,27)(H,29,30)(H2,28,31,32)/b22-15-. The van der Waals surface area contributed by atoms with Crippen LogP contribution < -0.4 is 16.2 Å². The van der Waals surface area contributed by atoms with E-state index in [0.29, 0.717) is 22.4 Å². The lowest BCUT2D eigenvalue weighted by Gasteiger charge is -2.13. The van der Waals surface area contributed by atoms with E-state index in [2.05, 4.69) is 5.32 Å². The van der Waals surface area contributed by atoms with E-state index in [4.69, 9.17) is 16.3 Å². The molecule has 0 saturated heterocycles. The highest BCUT2D eigenvalue weighted by Crippen LogP contribution is 2.28. The summed E-state index contributed by atoms with van der Waals surface area (Å²) in [5.41, 5.74) is 9.54. The zero-order valence-corrected chi connectivity index (χ0v) is 19.2. The third-order valence-electron chi connectivity index (χ3n) is 5.07. The molecule has 1 amide bonds. The van der Waals surface area contributed by atoms with Crippen LogP contribution in [0.1, 0.15) is 25.0 Å². The average molecular weight is 463 g/mol. The number of anilines is 1. The number of carbonyl (C=O) groups excluding carboxylic acids is 1. The van der Waals surface area contributed by atoms with Crippen LogP contribution in [0.15, 0.2) is 83.8 Å². The van der Waals surface area contributed by atoms with Crippen LogP contribution in [0, 0.1) is 11.3 Å². The number of carbonyl (C=O) groups is 1. The Kier molecular flexibility index (Phi) is 7.10. The Hall–Kier alpha value is -3.75. The van der Waals surface area contributed by atoms with Crippen LogP contribution in [0.25, 0.3) is 16.7 Å². The van der Waals surface area contributed by atoms with Crippen molar-refractivity contribution in [2.45, 2.75) is 18.7 Å². The largest absolute Gasteiger partial charge is 0.384 e. The highest BCUT2D eigenvalue weighted by atomic mass is 32.2. The fourth-order valence-electron chi connectivity index (χ4n) is 3.46. The second-order valence-electron chi connectivity index (χ2n) is 7.86. The molecule has 0 unspecified atom stereocenters. The third kappa shape index (κ3) is 5.94. The van der Waals surface area contributed by atoms with Gasteiger partial charge in [-0.3, -0.25) is 10.2 Å². The van der Waals surface area contributed by atoms with Gasteiger partial charge in [-0.05, 0) is 46.9 Å². The highest BCUT2D eigenvalue weighted by molar-refractivity contribution is 7.89. The number of amides is 1. The fraction of sp³-hybridized carbons (Fsp3) is 0.120. The molecule has 3 aromatic carbocycles. The Morgan fingerprint density at radius 2 is 1.61 bits per heavy atom. The smallest absolute Gasteiger partial charge is 0.248 e. The Labute approximate surface area is 193 Å². The van der Waals surface area contributed by atoms with Crippen LogP contribution in [0.2, 0.25) is 0 Å². The fourth-order valence-corrected chi connectivity index (χ4v) is 4.22. The van der Waals surface area contributed by atoms with Crippen molar-refractivity contribution in [3.8, 4) is 11.1 Å². The molecule has 0 heterocycles. The van der Waals surface area contributed by atoms with Crippen LogP contribution in [0.4, 0.5) is 5.69 Å². The van der Waals surface area contributed by atoms with Gasteiger partial charge in [0.2, 0.25) is 15.9 Å². The first kappa shape index (κ1) is 23.9. The van der Waals surface area contributed by atoms with Gasteiger partial charge in [0, 0.05) is 22.9 Å². The molecular formula is C25H26N4O3S. The lowest BCUT2D eigenvalue weighted by Crippen LogP contribution is -2.13. The minimum atomic E-state index is -3.87. The number of allylic oxidation sites excluding steroid dienone is 1. The summed E-state index contributed by atoms with van der Waals surface area (Å²) in [7, 11) is -3.87. The molecule has 0 aliphatic heterocycles. The Bertz CT molecular complexity index is 1330. The van der Waals surface area contributed by atoms with Crippen molar-refractivity contribution in [1.82, 2.24) is 0 Å². The number of amidine groups is 1. The van der Waals surface area contributed by atoms with Crippen LogP contribution in [0.5, 0.6) is 0 Å². The van der Waals surface area contributed by atoms with Crippen molar-refractivity contribution in [2.75, 3.05) is 5.32 Å². The summed E-state index contributed by atoms with van der Waals surface area (Å²) in [4.78, 5) is 12.8. The summed E-state index contributed by atoms with van der Waals surface area (Å²) in [5, 5.41) is 15.8. The van der Waals surface area contributed by atoms with Crippen LogP contribution in [0.3, 0.4) is 0 Å². The van der Waals surface area contributed by atoms with Crippen LogP contribution in [-0.4, -0.2) is 20.2 Å². The summed E-state index contributed by atoms with van der Waals surface area (Å²) >= 11 is 0. The number of nitrogens with two attached hydrogens (primary N) is 2. The SMILES string of the molecule is CC(C)/C(=C/C(=O)Nc1ccc(-c2ccccc2S(N)(=O)=O)cc1)c1cccc(C(=N)N)c1. The second-order valence-corrected chi connectivity index (χ2v) is 9.39. The first-order valence-electron chi connectivity index (χ1n) is 10.3. The van der Waals surface area contributed by atoms with E-state index in [1.165, 1.54) is 12.1 Å². The molecule has 0 aromatic heterocycles. The summed E-state index contributed by atoms with van der Waals surface area (Å²) < 4.78 is 23.7. The topological polar surface area (TPSA) is 139 Å². The predicted molar refractivity (Wildman–Crippen MR) is 132 cm³/mol. The molecule has 3 rings (SSSR count). The normalized spacial score (nSPS) is 11.9. The van der Waals surface area contributed by atoms with Crippen LogP contribution in [-0.2, 0) is 14.8 Å². The van der Waals surface area contributed by atoms with Gasteiger partial charge in [0.25, 0.3) is 0 Å². The molecule has 0 fully saturated rings. The van der Waals surface area contributed by atoms with E-state index in [1.807, 2.05) is 19.9 Å². The second kappa shape index (κ2) is 9.81. The molecule has 0 aliphatic carbocycles. The number of hydrogen-bond acceptors (Lipinski definition) is 4. The molecule has 8 heteroatoms. The summed E-state index contributed by atoms with van der Waals surface area (Å²) in [6.45, 7) is 3.97. The van der Waals surface area contributed by atoms with E-state index in [0.717, 1.165) is 11.1 Å². The van der Waals surface area contributed by atoms with Crippen molar-refractivity contribution < 1.29 is 13.2 Å². The zero-order chi connectivity index (χ0) is 24.2. The van der Waals surface area contributed by atoms with Crippen molar-refractivity contribution >= 4 is 33.0 Å². The monoisotopic (exact) mass is 462 g/mol. The van der Waals surface area contributed by atoms with E-state index in [-0.39, 0.29) is 22.6 Å². The Balaban J connectivity index is 1.84. The first-order chi connectivity index (χ1) is 15.6. The maximum Gasteiger partial charge on any atom is 0.248 e. The first-order valence-corrected chi connectivity index (χ1v) is 11.8. The maximum absolute atomic E-state index is 12.7. The van der Waals surface area contributed by atoms with Gasteiger partial charge in [-0.1, -0.05) is 62.4 Å². The number of benzene rings is 3. The van der Waals surface area contributed by atoms with Gasteiger partial charge < -0.3 is 11.1 Å². The van der Waals surface area contributed by atoms with Gasteiger partial charge >= 0.3 is 0 Å². The van der Waals surface area contributed by atoms with E-state index < -0.39 is 10.0 Å². The Morgan fingerprint density at radius 1 is 0.970 bits per heavy atom. The quantitative estimate of drug-likeness (QED) is 0.240. The van der Waals surface area contributed by atoms with Gasteiger partial charge in [0.1, 0.15) is 5.84 Å². The number of nitrogens with one attached hydrogen (secondary N) is 2. The molecule has 0 aliphatic rings. The minimum absolute atomic E-state index is 0.0338. The van der Waals surface area contributed by atoms with Gasteiger partial charge in [-0.15, -0.1) is 0 Å². The van der Waals surface area contributed by atoms with Gasteiger partial charge in [0.05, 0.1) is 4.90 Å². The van der Waals surface area contributed by atoms with Gasteiger partial charge in [-0.25, -0.2) is 13.6 Å². The number of sulfonamides is 1. The van der Waals surface area contributed by atoms with Crippen LogP contribution >= 0.6 is 0 Å². The highest BCUT2D eigenvalue weighted by Gasteiger charge is 2.15. The lowest BCUT2D eigenvalue weighted by atomic mass is 9.93. The summed E-state index contributed by atoms with van der Waals surface area (Å²) in [5.74, 6) is -0.270. The third-order valence-corrected chi connectivity index (χ3v) is 6.04. The Morgan fingerprint density at radius 3 is 2.21 bits per heavy atom. The molecule has 0 spiro atoms. The van der Waals surface area contributed by atoms with Crippen molar-refractivity contribution in [1.29, 1.82) is 5.41 Å².